The molecule has 0 radical (unpaired) electrons. The van der Waals surface area contributed by atoms with Crippen LogP contribution in [0.25, 0.3) is 10.9 Å². The number of ether oxygens (including phenoxy) is 2. The summed E-state index contributed by atoms with van der Waals surface area (Å²) in [6.45, 7) is 3.35. The van der Waals surface area contributed by atoms with E-state index in [-0.39, 0.29) is 6.10 Å². The Labute approximate surface area is 154 Å². The van der Waals surface area contributed by atoms with Gasteiger partial charge in [0.15, 0.2) is 0 Å². The highest BCUT2D eigenvalue weighted by Crippen LogP contribution is 2.18. The van der Waals surface area contributed by atoms with Crippen molar-refractivity contribution in [3.05, 3.63) is 65.9 Å². The summed E-state index contributed by atoms with van der Waals surface area (Å²) in [6.07, 6.45) is 5.66. The molecular formula is C22H26N2O2. The van der Waals surface area contributed by atoms with Gasteiger partial charge in [0.1, 0.15) is 12.4 Å². The summed E-state index contributed by atoms with van der Waals surface area (Å²) in [4.78, 5) is 3.33. The van der Waals surface area contributed by atoms with E-state index in [9.17, 15) is 0 Å². The highest BCUT2D eigenvalue weighted by molar-refractivity contribution is 5.83. The van der Waals surface area contributed by atoms with E-state index in [1.54, 1.807) is 0 Å². The lowest BCUT2D eigenvalue weighted by Crippen LogP contribution is -2.17. The van der Waals surface area contributed by atoms with Crippen LogP contribution in [-0.4, -0.2) is 30.8 Å². The number of benzene rings is 2. The molecule has 2 heterocycles. The Kier molecular flexibility index (Phi) is 5.53. The van der Waals surface area contributed by atoms with Crippen molar-refractivity contribution in [1.29, 1.82) is 0 Å². The highest BCUT2D eigenvalue weighted by atomic mass is 16.5. The monoisotopic (exact) mass is 350 g/mol. The largest absolute Gasteiger partial charge is 0.491 e. The van der Waals surface area contributed by atoms with Gasteiger partial charge in [-0.2, -0.15) is 0 Å². The van der Waals surface area contributed by atoms with Crippen molar-refractivity contribution in [1.82, 2.24) is 10.3 Å². The Morgan fingerprint density at radius 1 is 1.12 bits per heavy atom. The van der Waals surface area contributed by atoms with Crippen molar-refractivity contribution in [3.63, 3.8) is 0 Å². The van der Waals surface area contributed by atoms with Gasteiger partial charge in [0.25, 0.3) is 0 Å². The van der Waals surface area contributed by atoms with Gasteiger partial charge in [-0.1, -0.05) is 30.3 Å². The molecule has 26 heavy (non-hydrogen) atoms. The van der Waals surface area contributed by atoms with Crippen LogP contribution in [0.5, 0.6) is 5.75 Å². The molecule has 1 unspecified atom stereocenters. The topological polar surface area (TPSA) is 46.3 Å². The minimum atomic E-state index is 0.265. The number of fused-ring (bicyclic) bond motifs is 1. The average molecular weight is 350 g/mol. The lowest BCUT2D eigenvalue weighted by atomic mass is 10.1. The van der Waals surface area contributed by atoms with Crippen LogP contribution in [0.15, 0.2) is 54.7 Å². The van der Waals surface area contributed by atoms with Crippen molar-refractivity contribution in [2.24, 2.45) is 0 Å². The van der Waals surface area contributed by atoms with Crippen LogP contribution in [-0.2, 0) is 17.7 Å². The van der Waals surface area contributed by atoms with Gasteiger partial charge in [-0.3, -0.25) is 0 Å². The molecule has 2 aromatic carbocycles. The number of aromatic amines is 1. The molecule has 1 aliphatic rings. The van der Waals surface area contributed by atoms with Gasteiger partial charge in [0.2, 0.25) is 0 Å². The zero-order chi connectivity index (χ0) is 17.6. The summed E-state index contributed by atoms with van der Waals surface area (Å²) in [7, 11) is 0. The third-order valence-corrected chi connectivity index (χ3v) is 4.96. The number of H-pyrrole nitrogens is 1. The van der Waals surface area contributed by atoms with E-state index in [2.05, 4.69) is 52.9 Å². The summed E-state index contributed by atoms with van der Waals surface area (Å²) in [5.41, 5.74) is 3.85. The van der Waals surface area contributed by atoms with E-state index in [0.717, 1.165) is 44.7 Å². The minimum Gasteiger partial charge on any atom is -0.491 e. The third kappa shape index (κ3) is 4.26. The lowest BCUT2D eigenvalue weighted by Gasteiger charge is -2.12. The average Bonchev–Trinajstić information content (AvgIpc) is 3.34. The van der Waals surface area contributed by atoms with Gasteiger partial charge in [-0.15, -0.1) is 0 Å². The summed E-state index contributed by atoms with van der Waals surface area (Å²) < 4.78 is 11.4. The summed E-state index contributed by atoms with van der Waals surface area (Å²) >= 11 is 0. The van der Waals surface area contributed by atoms with Crippen LogP contribution >= 0.6 is 0 Å². The van der Waals surface area contributed by atoms with E-state index in [4.69, 9.17) is 9.47 Å². The maximum absolute atomic E-state index is 5.81. The smallest absolute Gasteiger partial charge is 0.119 e. The fourth-order valence-corrected chi connectivity index (χ4v) is 3.46. The van der Waals surface area contributed by atoms with Crippen LogP contribution in [0.4, 0.5) is 0 Å². The molecule has 1 aliphatic heterocycles. The van der Waals surface area contributed by atoms with Crippen LogP contribution in [0.3, 0.4) is 0 Å². The number of aromatic nitrogens is 1. The van der Waals surface area contributed by atoms with Crippen molar-refractivity contribution in [2.75, 3.05) is 19.8 Å². The summed E-state index contributed by atoms with van der Waals surface area (Å²) in [5.74, 6) is 0.919. The Morgan fingerprint density at radius 3 is 2.85 bits per heavy atom. The first-order valence-electron chi connectivity index (χ1n) is 9.47. The third-order valence-electron chi connectivity index (χ3n) is 4.96. The van der Waals surface area contributed by atoms with Gasteiger partial charge < -0.3 is 19.8 Å². The fourth-order valence-electron chi connectivity index (χ4n) is 3.46. The van der Waals surface area contributed by atoms with E-state index in [1.165, 1.54) is 22.0 Å². The van der Waals surface area contributed by atoms with E-state index in [0.29, 0.717) is 6.61 Å². The van der Waals surface area contributed by atoms with Crippen molar-refractivity contribution >= 4 is 10.9 Å². The molecule has 2 N–H and O–H groups in total. The van der Waals surface area contributed by atoms with Crippen molar-refractivity contribution < 1.29 is 9.47 Å². The van der Waals surface area contributed by atoms with Gasteiger partial charge >= 0.3 is 0 Å². The Morgan fingerprint density at radius 2 is 2.00 bits per heavy atom. The predicted molar refractivity (Wildman–Crippen MR) is 105 cm³/mol. The second kappa shape index (κ2) is 8.39. The molecule has 1 atom stereocenters. The summed E-state index contributed by atoms with van der Waals surface area (Å²) in [6, 6.07) is 16.8. The van der Waals surface area contributed by atoms with Crippen LogP contribution in [0, 0.1) is 0 Å². The molecule has 3 aromatic rings. The van der Waals surface area contributed by atoms with Gasteiger partial charge in [-0.05, 0) is 55.1 Å². The number of hydrogen-bond donors (Lipinski definition) is 2. The zero-order valence-corrected chi connectivity index (χ0v) is 15.0. The molecule has 0 saturated carbocycles. The molecule has 0 bridgehead atoms. The molecule has 0 amide bonds. The maximum atomic E-state index is 5.81. The van der Waals surface area contributed by atoms with Gasteiger partial charge in [0, 0.05) is 30.3 Å². The molecule has 4 heteroatoms. The molecule has 4 nitrogen and oxygen atoms in total. The van der Waals surface area contributed by atoms with Crippen LogP contribution in [0.1, 0.15) is 24.0 Å². The van der Waals surface area contributed by atoms with E-state index in [1.807, 2.05) is 12.1 Å². The first kappa shape index (κ1) is 17.1. The van der Waals surface area contributed by atoms with Crippen molar-refractivity contribution in [3.8, 4) is 5.75 Å². The quantitative estimate of drug-likeness (QED) is 0.602. The standard InChI is InChI=1S/C22H26N2O2/c1-2-6-22-21(5-1)18(15-24-22)11-12-23-14-17-7-9-19(10-8-17)26-16-20-4-3-13-25-20/h1-2,5-10,15,20,23-24H,3-4,11-14,16H2. The summed E-state index contributed by atoms with van der Waals surface area (Å²) in [5, 5.41) is 4.85. The van der Waals surface area contributed by atoms with Crippen LogP contribution in [0.2, 0.25) is 0 Å². The molecule has 0 spiro atoms. The molecule has 1 aromatic heterocycles. The highest BCUT2D eigenvalue weighted by Gasteiger charge is 2.15. The van der Waals surface area contributed by atoms with Gasteiger partial charge in [-0.25, -0.2) is 0 Å². The zero-order valence-electron chi connectivity index (χ0n) is 15.0. The normalized spacial score (nSPS) is 17.0. The first-order chi connectivity index (χ1) is 12.9. The number of hydrogen-bond acceptors (Lipinski definition) is 3. The van der Waals surface area contributed by atoms with Crippen LogP contribution < -0.4 is 10.1 Å². The maximum Gasteiger partial charge on any atom is 0.119 e. The van der Waals surface area contributed by atoms with Crippen molar-refractivity contribution in [2.45, 2.75) is 31.9 Å². The Balaban J connectivity index is 1.21. The first-order valence-corrected chi connectivity index (χ1v) is 9.47. The van der Waals surface area contributed by atoms with Gasteiger partial charge in [0.05, 0.1) is 6.10 Å². The van der Waals surface area contributed by atoms with E-state index < -0.39 is 0 Å². The molecule has 136 valence electrons. The second-order valence-electron chi connectivity index (χ2n) is 6.88. The molecular weight excluding hydrogens is 324 g/mol. The Bertz CT molecular complexity index is 820. The van der Waals surface area contributed by atoms with E-state index >= 15 is 0 Å². The molecule has 0 aliphatic carbocycles. The Hall–Kier alpha value is -2.30. The second-order valence-corrected chi connectivity index (χ2v) is 6.88. The number of nitrogens with one attached hydrogen (secondary N) is 2. The number of rotatable bonds is 8. The number of para-hydroxylation sites is 1. The SMILES string of the molecule is c1ccc2c(CCNCc3ccc(OCC4CCCO4)cc3)c[nH]c2c1. The molecule has 4 rings (SSSR count). The molecule has 1 saturated heterocycles. The predicted octanol–water partition coefficient (Wildman–Crippen LogP) is 4.06. The minimum absolute atomic E-state index is 0.265. The fraction of sp³-hybridized carbons (Fsp3) is 0.364. The molecule has 1 fully saturated rings. The lowest BCUT2D eigenvalue weighted by molar-refractivity contribution is 0.0679.